The summed E-state index contributed by atoms with van der Waals surface area (Å²) in [5.41, 5.74) is 4.51. The number of amides is 1. The number of fused-ring (bicyclic) bond motifs is 1. The number of aryl methyl sites for hydroxylation is 1. The van der Waals surface area contributed by atoms with Gasteiger partial charge in [-0.05, 0) is 73.4 Å². The van der Waals surface area contributed by atoms with Crippen molar-refractivity contribution in [3.05, 3.63) is 41.5 Å². The zero-order chi connectivity index (χ0) is 28.8. The summed E-state index contributed by atoms with van der Waals surface area (Å²) in [7, 11) is -3.72. The molecule has 2 aromatic rings. The van der Waals surface area contributed by atoms with Gasteiger partial charge in [-0.3, -0.25) is 9.52 Å². The van der Waals surface area contributed by atoms with Gasteiger partial charge in [-0.1, -0.05) is 0 Å². The van der Waals surface area contributed by atoms with Gasteiger partial charge in [0.1, 0.15) is 0 Å². The fourth-order valence-electron chi connectivity index (χ4n) is 6.17. The molecule has 0 atom stereocenters. The topological polar surface area (TPSA) is 102 Å². The molecule has 3 aliphatic heterocycles. The van der Waals surface area contributed by atoms with Crippen molar-refractivity contribution >= 4 is 50.4 Å². The Labute approximate surface area is 243 Å². The number of hydrogen-bond acceptors (Lipinski definition) is 7. The molecule has 222 valence electrons. The molecule has 1 aliphatic carbocycles. The highest BCUT2D eigenvalue weighted by Crippen LogP contribution is 2.54. The Morgan fingerprint density at radius 1 is 0.927 bits per heavy atom. The highest BCUT2D eigenvalue weighted by Gasteiger charge is 2.44. The number of nitrogens with one attached hydrogen (secondary N) is 2. The Hall–Kier alpha value is -2.57. The summed E-state index contributed by atoms with van der Waals surface area (Å²) < 4.78 is 54.9. The molecule has 1 amide bonds. The number of benzene rings is 2. The van der Waals surface area contributed by atoms with Crippen molar-refractivity contribution in [1.82, 2.24) is 0 Å². The monoisotopic (exact) mass is 606 g/mol. The SMILES string of the molecule is O=C(Nc1cc2c(c(N3CCC(F)(F)CC3)c1)SCC2)c1ccc(NS(=O)(=O)CCO)cc1N1CCC2(CC1)CC2. The Morgan fingerprint density at radius 3 is 2.27 bits per heavy atom. The van der Waals surface area contributed by atoms with Crippen molar-refractivity contribution in [2.24, 2.45) is 5.41 Å². The number of aliphatic hydroxyl groups excluding tert-OH is 1. The largest absolute Gasteiger partial charge is 0.395 e. The second-order valence-electron chi connectivity index (χ2n) is 11.7. The number of thioether (sulfide) groups is 1. The van der Waals surface area contributed by atoms with Crippen LogP contribution in [-0.2, 0) is 16.4 Å². The van der Waals surface area contributed by atoms with Crippen molar-refractivity contribution in [2.45, 2.75) is 55.8 Å². The average molecular weight is 607 g/mol. The maximum Gasteiger partial charge on any atom is 0.257 e. The van der Waals surface area contributed by atoms with Crippen LogP contribution in [0.25, 0.3) is 0 Å². The maximum absolute atomic E-state index is 13.9. The second-order valence-corrected chi connectivity index (χ2v) is 14.7. The van der Waals surface area contributed by atoms with Crippen LogP contribution in [0.3, 0.4) is 0 Å². The number of carbonyl (C=O) groups excluding carboxylic acids is 1. The van der Waals surface area contributed by atoms with Gasteiger partial charge in [0.25, 0.3) is 11.8 Å². The summed E-state index contributed by atoms with van der Waals surface area (Å²) in [6.45, 7) is 1.62. The first-order chi connectivity index (χ1) is 19.6. The van der Waals surface area contributed by atoms with E-state index in [4.69, 9.17) is 5.11 Å². The van der Waals surface area contributed by atoms with Crippen LogP contribution >= 0.6 is 11.8 Å². The summed E-state index contributed by atoms with van der Waals surface area (Å²) >= 11 is 1.73. The molecule has 3 fully saturated rings. The molecule has 0 aromatic heterocycles. The highest BCUT2D eigenvalue weighted by atomic mass is 32.2. The van der Waals surface area contributed by atoms with Gasteiger partial charge < -0.3 is 20.2 Å². The highest BCUT2D eigenvalue weighted by molar-refractivity contribution is 7.99. The number of hydrogen-bond donors (Lipinski definition) is 3. The third kappa shape index (κ3) is 6.29. The first-order valence-corrected chi connectivity index (χ1v) is 16.9. The Morgan fingerprint density at radius 2 is 1.59 bits per heavy atom. The molecule has 3 N–H and O–H groups in total. The van der Waals surface area contributed by atoms with Gasteiger partial charge >= 0.3 is 0 Å². The third-order valence-corrected chi connectivity index (χ3v) is 11.3. The summed E-state index contributed by atoms with van der Waals surface area (Å²) in [5.74, 6) is -2.44. The lowest BCUT2D eigenvalue weighted by molar-refractivity contribution is -0.0221. The molecule has 8 nitrogen and oxygen atoms in total. The summed E-state index contributed by atoms with van der Waals surface area (Å²) in [5, 5.41) is 12.2. The lowest BCUT2D eigenvalue weighted by Crippen LogP contribution is -2.39. The van der Waals surface area contributed by atoms with Gasteiger partial charge in [-0.15, -0.1) is 11.8 Å². The van der Waals surface area contributed by atoms with Crippen molar-refractivity contribution in [3.63, 3.8) is 0 Å². The van der Waals surface area contributed by atoms with Crippen LogP contribution in [0.2, 0.25) is 0 Å². The van der Waals surface area contributed by atoms with Crippen LogP contribution in [0.15, 0.2) is 35.2 Å². The van der Waals surface area contributed by atoms with Crippen LogP contribution in [-0.4, -0.2) is 69.6 Å². The predicted octanol–water partition coefficient (Wildman–Crippen LogP) is 4.94. The van der Waals surface area contributed by atoms with E-state index in [1.54, 1.807) is 30.0 Å². The average Bonchev–Trinajstić information content (AvgIpc) is 3.50. The Kier molecular flexibility index (Phi) is 7.61. The molecule has 3 heterocycles. The second kappa shape index (κ2) is 10.9. The Bertz CT molecular complexity index is 1430. The molecular weight excluding hydrogens is 570 g/mol. The minimum atomic E-state index is -3.72. The number of carbonyl (C=O) groups is 1. The lowest BCUT2D eigenvalue weighted by atomic mass is 9.93. The zero-order valence-corrected chi connectivity index (χ0v) is 24.6. The standard InChI is InChI=1S/C29H36F2N4O4S2/c30-29(31)8-12-35(13-9-29)25-19-22(17-20-3-15-40-26(20)25)32-27(37)23-2-1-21(33-41(38,39)16-14-36)18-24(23)34-10-6-28(4-5-28)7-11-34/h1-2,17-19,33,36H,3-16H2,(H,32,37). The number of rotatable bonds is 8. The van der Waals surface area contributed by atoms with Gasteiger partial charge in [0, 0.05) is 55.4 Å². The molecule has 6 rings (SSSR count). The Balaban J connectivity index is 1.28. The number of anilines is 4. The van der Waals surface area contributed by atoms with Crippen molar-refractivity contribution < 1.29 is 27.1 Å². The minimum absolute atomic E-state index is 0.183. The molecular formula is C29H36F2N4O4S2. The van der Waals surface area contributed by atoms with Gasteiger partial charge in [-0.2, -0.15) is 0 Å². The van der Waals surface area contributed by atoms with E-state index in [0.29, 0.717) is 28.0 Å². The molecule has 2 saturated heterocycles. The number of piperidine rings is 2. The summed E-state index contributed by atoms with van der Waals surface area (Å²) in [6.07, 6.45) is 5.04. The fourth-order valence-corrected chi connectivity index (χ4v) is 8.20. The third-order valence-electron chi connectivity index (χ3n) is 8.86. The van der Waals surface area contributed by atoms with Gasteiger partial charge in [0.15, 0.2) is 0 Å². The fraction of sp³-hybridized carbons (Fsp3) is 0.552. The van der Waals surface area contributed by atoms with Crippen molar-refractivity contribution in [2.75, 3.05) is 64.1 Å². The first kappa shape index (κ1) is 28.5. The quantitative estimate of drug-likeness (QED) is 0.392. The number of sulfonamides is 1. The molecule has 0 radical (unpaired) electrons. The van der Waals surface area contributed by atoms with Crippen LogP contribution in [0.1, 0.15) is 54.4 Å². The molecule has 12 heteroatoms. The van der Waals surface area contributed by atoms with Crippen molar-refractivity contribution in [1.29, 1.82) is 0 Å². The van der Waals surface area contributed by atoms with Crippen LogP contribution in [0.4, 0.5) is 31.5 Å². The van der Waals surface area contributed by atoms with Gasteiger partial charge in [0.2, 0.25) is 10.0 Å². The minimum Gasteiger partial charge on any atom is -0.395 e. The normalized spacial score (nSPS) is 21.0. The van der Waals surface area contributed by atoms with Gasteiger partial charge in [0.05, 0.1) is 35.0 Å². The number of nitrogens with zero attached hydrogens (tertiary/aromatic N) is 2. The smallest absolute Gasteiger partial charge is 0.257 e. The molecule has 2 aromatic carbocycles. The van der Waals surface area contributed by atoms with E-state index in [9.17, 15) is 22.0 Å². The molecule has 0 bridgehead atoms. The summed E-state index contributed by atoms with van der Waals surface area (Å²) in [6, 6.07) is 8.78. The lowest BCUT2D eigenvalue weighted by Gasteiger charge is -2.35. The van der Waals surface area contributed by atoms with E-state index in [-0.39, 0.29) is 31.8 Å². The molecule has 41 heavy (non-hydrogen) atoms. The zero-order valence-electron chi connectivity index (χ0n) is 22.9. The number of aliphatic hydroxyl groups is 1. The number of alkyl halides is 2. The van der Waals surface area contributed by atoms with E-state index < -0.39 is 28.3 Å². The predicted molar refractivity (Wildman–Crippen MR) is 159 cm³/mol. The molecule has 0 unspecified atom stereocenters. The van der Waals surface area contributed by atoms with E-state index in [1.165, 1.54) is 12.8 Å². The van der Waals surface area contributed by atoms with Crippen LogP contribution in [0.5, 0.6) is 0 Å². The summed E-state index contributed by atoms with van der Waals surface area (Å²) in [4.78, 5) is 19.0. The molecule has 1 spiro atoms. The van der Waals surface area contributed by atoms with E-state index in [1.807, 2.05) is 17.0 Å². The van der Waals surface area contributed by atoms with Gasteiger partial charge in [-0.25, -0.2) is 17.2 Å². The first-order valence-electron chi connectivity index (χ1n) is 14.3. The molecule has 4 aliphatic rings. The van der Waals surface area contributed by atoms with E-state index >= 15 is 0 Å². The van der Waals surface area contributed by atoms with E-state index in [0.717, 1.165) is 54.3 Å². The maximum atomic E-state index is 13.9. The van der Waals surface area contributed by atoms with Crippen LogP contribution in [0, 0.1) is 5.41 Å². The van der Waals surface area contributed by atoms with E-state index in [2.05, 4.69) is 14.9 Å². The van der Waals surface area contributed by atoms with Crippen LogP contribution < -0.4 is 19.8 Å². The number of halogens is 2. The van der Waals surface area contributed by atoms with Crippen molar-refractivity contribution in [3.8, 4) is 0 Å². The molecule has 1 saturated carbocycles.